The van der Waals surface area contributed by atoms with Gasteiger partial charge in [-0.25, -0.2) is 4.98 Å². The molecule has 0 aromatic carbocycles. The highest BCUT2D eigenvalue weighted by Crippen LogP contribution is 2.27. The molecule has 2 N–H and O–H groups in total. The quantitative estimate of drug-likeness (QED) is 0.779. The van der Waals surface area contributed by atoms with Crippen molar-refractivity contribution in [1.82, 2.24) is 15.6 Å². The zero-order valence-corrected chi connectivity index (χ0v) is 10.3. The molecule has 0 saturated heterocycles. The molecule has 1 amide bonds. The van der Waals surface area contributed by atoms with Gasteiger partial charge in [-0.1, -0.05) is 0 Å². The van der Waals surface area contributed by atoms with Crippen molar-refractivity contribution in [3.05, 3.63) is 17.8 Å². The summed E-state index contributed by atoms with van der Waals surface area (Å²) in [5.74, 6) is 2.15. The zero-order chi connectivity index (χ0) is 12.3. The number of aryl methyl sites for hydroxylation is 1. The summed E-state index contributed by atoms with van der Waals surface area (Å²) < 4.78 is 5.38. The number of nitrogens with one attached hydrogen (secondary N) is 2. The molecule has 0 spiro atoms. The number of nitrogens with zero attached hydrogens (tertiary/aromatic N) is 1. The van der Waals surface area contributed by atoms with Gasteiger partial charge in [0.15, 0.2) is 0 Å². The van der Waals surface area contributed by atoms with Gasteiger partial charge in [-0.15, -0.1) is 0 Å². The zero-order valence-electron chi connectivity index (χ0n) is 10.3. The van der Waals surface area contributed by atoms with E-state index in [-0.39, 0.29) is 11.9 Å². The van der Waals surface area contributed by atoms with E-state index < -0.39 is 0 Å². The number of carbonyl (C=O) groups excluding carboxylic acids is 1. The van der Waals surface area contributed by atoms with E-state index in [0.717, 1.165) is 12.3 Å². The highest BCUT2D eigenvalue weighted by atomic mass is 16.4. The van der Waals surface area contributed by atoms with Crippen LogP contribution < -0.4 is 10.6 Å². The van der Waals surface area contributed by atoms with Gasteiger partial charge in [0.2, 0.25) is 11.8 Å². The van der Waals surface area contributed by atoms with Gasteiger partial charge in [0.05, 0.1) is 18.8 Å². The van der Waals surface area contributed by atoms with Gasteiger partial charge in [0.1, 0.15) is 5.76 Å². The normalized spacial score (nSPS) is 16.8. The average Bonchev–Trinajstić information content (AvgIpc) is 3.04. The van der Waals surface area contributed by atoms with Crippen LogP contribution in [0.1, 0.15) is 37.5 Å². The molecule has 1 fully saturated rings. The molecule has 1 saturated carbocycles. The Labute approximate surface area is 101 Å². The Balaban J connectivity index is 1.67. The van der Waals surface area contributed by atoms with E-state index in [1.165, 1.54) is 12.8 Å². The van der Waals surface area contributed by atoms with E-state index in [9.17, 15) is 4.79 Å². The van der Waals surface area contributed by atoms with Gasteiger partial charge >= 0.3 is 0 Å². The lowest BCUT2D eigenvalue weighted by molar-refractivity contribution is -0.120. The van der Waals surface area contributed by atoms with Crippen LogP contribution in [0.4, 0.5) is 0 Å². The Morgan fingerprint density at radius 3 is 3.00 bits per heavy atom. The Hall–Kier alpha value is -1.36. The Bertz CT molecular complexity index is 385. The largest absolute Gasteiger partial charge is 0.444 e. The fourth-order valence-electron chi connectivity index (χ4n) is 1.55. The van der Waals surface area contributed by atoms with Crippen molar-refractivity contribution < 1.29 is 9.21 Å². The van der Waals surface area contributed by atoms with Gasteiger partial charge in [0.25, 0.3) is 0 Å². The Morgan fingerprint density at radius 1 is 1.65 bits per heavy atom. The third-order valence-corrected chi connectivity index (χ3v) is 2.86. The van der Waals surface area contributed by atoms with Crippen molar-refractivity contribution in [2.75, 3.05) is 13.1 Å². The monoisotopic (exact) mass is 237 g/mol. The van der Waals surface area contributed by atoms with Crippen LogP contribution in [0.2, 0.25) is 0 Å². The molecular weight excluding hydrogens is 218 g/mol. The van der Waals surface area contributed by atoms with Crippen LogP contribution in [0.3, 0.4) is 0 Å². The van der Waals surface area contributed by atoms with E-state index in [0.29, 0.717) is 18.4 Å². The average molecular weight is 237 g/mol. The molecule has 0 aliphatic heterocycles. The van der Waals surface area contributed by atoms with E-state index in [2.05, 4.69) is 15.6 Å². The summed E-state index contributed by atoms with van der Waals surface area (Å²) in [4.78, 5) is 15.6. The molecule has 1 unspecified atom stereocenters. The van der Waals surface area contributed by atoms with Crippen molar-refractivity contribution in [2.24, 2.45) is 5.92 Å². The minimum Gasteiger partial charge on any atom is -0.444 e. The SMILES string of the molecule is Cc1cnc(C(C)NCC(=O)NCC2CC2)o1. The minimum atomic E-state index is -0.0459. The molecule has 0 bridgehead atoms. The molecule has 5 heteroatoms. The van der Waals surface area contributed by atoms with Crippen molar-refractivity contribution in [3.8, 4) is 0 Å². The lowest BCUT2D eigenvalue weighted by Gasteiger charge is -2.10. The topological polar surface area (TPSA) is 67.2 Å². The predicted molar refractivity (Wildman–Crippen MR) is 63.4 cm³/mol. The number of amides is 1. The highest BCUT2D eigenvalue weighted by molar-refractivity contribution is 5.78. The van der Waals surface area contributed by atoms with Crippen LogP contribution in [0.5, 0.6) is 0 Å². The molecule has 1 aliphatic carbocycles. The van der Waals surface area contributed by atoms with Gasteiger partial charge in [-0.2, -0.15) is 0 Å². The van der Waals surface area contributed by atoms with E-state index in [1.807, 2.05) is 13.8 Å². The fraction of sp³-hybridized carbons (Fsp3) is 0.667. The first-order valence-corrected chi connectivity index (χ1v) is 6.07. The van der Waals surface area contributed by atoms with E-state index in [4.69, 9.17) is 4.42 Å². The van der Waals surface area contributed by atoms with Crippen LogP contribution in [0.25, 0.3) is 0 Å². The maximum absolute atomic E-state index is 11.5. The molecule has 0 radical (unpaired) electrons. The lowest BCUT2D eigenvalue weighted by Crippen LogP contribution is -2.36. The second-order valence-corrected chi connectivity index (χ2v) is 4.66. The fourth-order valence-corrected chi connectivity index (χ4v) is 1.55. The molecule has 1 heterocycles. The van der Waals surface area contributed by atoms with Crippen LogP contribution in [0, 0.1) is 12.8 Å². The Morgan fingerprint density at radius 2 is 2.41 bits per heavy atom. The molecular formula is C12H19N3O2. The number of oxazole rings is 1. The first kappa shape index (κ1) is 12.1. The molecule has 1 aliphatic rings. The lowest BCUT2D eigenvalue weighted by atomic mass is 10.3. The summed E-state index contributed by atoms with van der Waals surface area (Å²) in [5.41, 5.74) is 0. The number of rotatable bonds is 6. The van der Waals surface area contributed by atoms with Crippen LogP contribution in [-0.2, 0) is 4.79 Å². The summed E-state index contributed by atoms with van der Waals surface area (Å²) >= 11 is 0. The number of aromatic nitrogens is 1. The highest BCUT2D eigenvalue weighted by Gasteiger charge is 2.21. The first-order chi connectivity index (χ1) is 8.15. The maximum atomic E-state index is 11.5. The summed E-state index contributed by atoms with van der Waals surface area (Å²) in [6.07, 6.45) is 4.18. The van der Waals surface area contributed by atoms with Crippen molar-refractivity contribution >= 4 is 5.91 Å². The van der Waals surface area contributed by atoms with Crippen molar-refractivity contribution in [2.45, 2.75) is 32.7 Å². The van der Waals surface area contributed by atoms with Crippen LogP contribution >= 0.6 is 0 Å². The number of hydrogen-bond acceptors (Lipinski definition) is 4. The molecule has 5 nitrogen and oxygen atoms in total. The molecule has 17 heavy (non-hydrogen) atoms. The Kier molecular flexibility index (Phi) is 3.78. The summed E-state index contributed by atoms with van der Waals surface area (Å²) in [6, 6.07) is -0.0459. The van der Waals surface area contributed by atoms with Gasteiger partial charge < -0.3 is 9.73 Å². The number of carbonyl (C=O) groups is 1. The van der Waals surface area contributed by atoms with Crippen LogP contribution in [-0.4, -0.2) is 24.0 Å². The number of hydrogen-bond donors (Lipinski definition) is 2. The minimum absolute atomic E-state index is 0.0343. The third-order valence-electron chi connectivity index (χ3n) is 2.86. The molecule has 94 valence electrons. The summed E-state index contributed by atoms with van der Waals surface area (Å²) in [5, 5.41) is 5.99. The maximum Gasteiger partial charge on any atom is 0.233 e. The van der Waals surface area contributed by atoms with Crippen LogP contribution in [0.15, 0.2) is 10.6 Å². The second kappa shape index (κ2) is 5.31. The smallest absolute Gasteiger partial charge is 0.233 e. The standard InChI is InChI=1S/C12H19N3O2/c1-8-5-15-12(17-8)9(2)13-7-11(16)14-6-10-3-4-10/h5,9-10,13H,3-4,6-7H2,1-2H3,(H,14,16). The van der Waals surface area contributed by atoms with Gasteiger partial charge in [-0.05, 0) is 32.6 Å². The molecule has 2 rings (SSSR count). The van der Waals surface area contributed by atoms with Gasteiger partial charge in [-0.3, -0.25) is 10.1 Å². The molecule has 1 atom stereocenters. The van der Waals surface area contributed by atoms with E-state index in [1.54, 1.807) is 6.20 Å². The third kappa shape index (κ3) is 3.85. The van der Waals surface area contributed by atoms with Gasteiger partial charge in [0, 0.05) is 6.54 Å². The van der Waals surface area contributed by atoms with E-state index >= 15 is 0 Å². The molecule has 1 aromatic rings. The van der Waals surface area contributed by atoms with Crippen molar-refractivity contribution in [1.29, 1.82) is 0 Å². The summed E-state index contributed by atoms with van der Waals surface area (Å²) in [7, 11) is 0. The molecule has 1 aromatic heterocycles. The predicted octanol–water partition coefficient (Wildman–Crippen LogP) is 1.16. The summed E-state index contributed by atoms with van der Waals surface area (Å²) in [6.45, 7) is 4.90. The first-order valence-electron chi connectivity index (χ1n) is 6.07. The van der Waals surface area contributed by atoms with Crippen molar-refractivity contribution in [3.63, 3.8) is 0 Å². The second-order valence-electron chi connectivity index (χ2n) is 4.66.